The molecule has 0 saturated heterocycles. The molecular weight excluding hydrogens is 286 g/mol. The normalized spacial score (nSPS) is 10.8. The van der Waals surface area contributed by atoms with Crippen LogP contribution in [0.4, 0.5) is 0 Å². The van der Waals surface area contributed by atoms with Gasteiger partial charge in [-0.25, -0.2) is 0 Å². The molecule has 4 heteroatoms. The van der Waals surface area contributed by atoms with Crippen LogP contribution in [-0.2, 0) is 7.05 Å². The van der Waals surface area contributed by atoms with Gasteiger partial charge in [-0.05, 0) is 12.1 Å². The van der Waals surface area contributed by atoms with E-state index in [0.29, 0.717) is 21.5 Å². The third-order valence-electron chi connectivity index (χ3n) is 3.45. The number of carbonyl (C=O) groups excluding carboxylic acids is 2. The number of aromatic nitrogens is 1. The number of nitrogens with zero attached hydrogens (tertiary/aromatic N) is 1. The largest absolute Gasteiger partial charge is 0.350 e. The second kappa shape index (κ2) is 5.19. The predicted octanol–water partition coefficient (Wildman–Crippen LogP) is 3.90. The van der Waals surface area contributed by atoms with E-state index in [1.54, 1.807) is 47.2 Å². The highest BCUT2D eigenvalue weighted by atomic mass is 35.5. The standard InChI is InChI=1S/C17H12ClNO2/c1-19-10-12(15-13(18)8-5-9-14(15)19)17(21)16(20)11-6-3-2-4-7-11/h2-10H,1H3. The first-order valence-corrected chi connectivity index (χ1v) is 6.85. The molecule has 3 rings (SSSR count). The molecule has 3 nitrogen and oxygen atoms in total. The van der Waals surface area contributed by atoms with Crippen molar-refractivity contribution in [3.63, 3.8) is 0 Å². The van der Waals surface area contributed by atoms with Gasteiger partial charge in [0.05, 0.1) is 16.1 Å². The molecule has 1 heterocycles. The van der Waals surface area contributed by atoms with Crippen molar-refractivity contribution in [2.24, 2.45) is 7.05 Å². The molecule has 0 fully saturated rings. The van der Waals surface area contributed by atoms with Gasteiger partial charge in [0.1, 0.15) is 0 Å². The quantitative estimate of drug-likeness (QED) is 0.543. The molecule has 21 heavy (non-hydrogen) atoms. The number of fused-ring (bicyclic) bond motifs is 1. The lowest BCUT2D eigenvalue weighted by Gasteiger charge is -2.00. The maximum Gasteiger partial charge on any atom is 0.235 e. The Morgan fingerprint density at radius 3 is 2.38 bits per heavy atom. The Kier molecular flexibility index (Phi) is 3.35. The summed E-state index contributed by atoms with van der Waals surface area (Å²) in [5.74, 6) is -1.07. The average molecular weight is 298 g/mol. The molecule has 3 aromatic rings. The van der Waals surface area contributed by atoms with Gasteiger partial charge in [0.15, 0.2) is 0 Å². The number of benzene rings is 2. The molecule has 0 aliphatic carbocycles. The molecule has 1 aromatic heterocycles. The van der Waals surface area contributed by atoms with Crippen LogP contribution in [0, 0.1) is 0 Å². The summed E-state index contributed by atoms with van der Waals surface area (Å²) in [6, 6.07) is 13.9. The Labute approximate surface area is 126 Å². The molecule has 0 unspecified atom stereocenters. The van der Waals surface area contributed by atoms with Gasteiger partial charge >= 0.3 is 0 Å². The molecule has 0 spiro atoms. The molecule has 104 valence electrons. The Hall–Kier alpha value is -2.39. The maximum absolute atomic E-state index is 12.5. The highest BCUT2D eigenvalue weighted by molar-refractivity contribution is 6.52. The van der Waals surface area contributed by atoms with Crippen LogP contribution >= 0.6 is 11.6 Å². The van der Waals surface area contributed by atoms with Crippen LogP contribution in [0.25, 0.3) is 10.9 Å². The number of hydrogen-bond donors (Lipinski definition) is 0. The molecule has 0 aliphatic rings. The van der Waals surface area contributed by atoms with E-state index in [1.165, 1.54) is 0 Å². The minimum absolute atomic E-state index is 0.340. The van der Waals surface area contributed by atoms with Crippen molar-refractivity contribution in [3.8, 4) is 0 Å². The molecule has 0 atom stereocenters. The number of carbonyl (C=O) groups is 2. The Morgan fingerprint density at radius 2 is 1.67 bits per heavy atom. The summed E-state index contributed by atoms with van der Waals surface area (Å²) < 4.78 is 1.80. The molecule has 0 amide bonds. The molecule has 0 N–H and O–H groups in total. The van der Waals surface area contributed by atoms with Gasteiger partial charge in [0.25, 0.3) is 0 Å². The number of hydrogen-bond acceptors (Lipinski definition) is 2. The first kappa shape index (κ1) is 13.6. The number of ketones is 2. The lowest BCUT2D eigenvalue weighted by atomic mass is 10.0. The zero-order valence-electron chi connectivity index (χ0n) is 11.3. The smallest absolute Gasteiger partial charge is 0.235 e. The van der Waals surface area contributed by atoms with E-state index in [0.717, 1.165) is 5.52 Å². The van der Waals surface area contributed by atoms with E-state index in [9.17, 15) is 9.59 Å². The second-order valence-corrected chi connectivity index (χ2v) is 5.22. The van der Waals surface area contributed by atoms with Crippen molar-refractivity contribution in [2.75, 3.05) is 0 Å². The van der Waals surface area contributed by atoms with Crippen molar-refractivity contribution < 1.29 is 9.59 Å². The van der Waals surface area contributed by atoms with E-state index in [1.807, 2.05) is 19.2 Å². The first-order chi connectivity index (χ1) is 10.1. The monoisotopic (exact) mass is 297 g/mol. The van der Waals surface area contributed by atoms with Crippen LogP contribution in [-0.4, -0.2) is 16.1 Å². The van der Waals surface area contributed by atoms with E-state index in [2.05, 4.69) is 0 Å². The van der Waals surface area contributed by atoms with Crippen LogP contribution in [0.2, 0.25) is 5.02 Å². The van der Waals surface area contributed by atoms with E-state index >= 15 is 0 Å². The van der Waals surface area contributed by atoms with E-state index in [4.69, 9.17) is 11.6 Å². The second-order valence-electron chi connectivity index (χ2n) is 4.81. The molecule has 0 radical (unpaired) electrons. The van der Waals surface area contributed by atoms with Gasteiger partial charge in [-0.15, -0.1) is 0 Å². The zero-order valence-corrected chi connectivity index (χ0v) is 12.1. The van der Waals surface area contributed by atoms with Crippen LogP contribution in [0.3, 0.4) is 0 Å². The minimum atomic E-state index is -0.542. The molecule has 0 aliphatic heterocycles. The molecule has 2 aromatic carbocycles. The van der Waals surface area contributed by atoms with Crippen molar-refractivity contribution in [1.29, 1.82) is 0 Å². The van der Waals surface area contributed by atoms with Crippen molar-refractivity contribution in [1.82, 2.24) is 4.57 Å². The van der Waals surface area contributed by atoms with Gasteiger partial charge in [-0.3, -0.25) is 9.59 Å². The minimum Gasteiger partial charge on any atom is -0.350 e. The molecular formula is C17H12ClNO2. The van der Waals surface area contributed by atoms with Gasteiger partial charge in [0.2, 0.25) is 11.6 Å². The Bertz CT molecular complexity index is 850. The van der Waals surface area contributed by atoms with E-state index in [-0.39, 0.29) is 0 Å². The number of halogens is 1. The van der Waals surface area contributed by atoms with Gasteiger partial charge in [-0.2, -0.15) is 0 Å². The Morgan fingerprint density at radius 1 is 0.952 bits per heavy atom. The van der Waals surface area contributed by atoms with Crippen molar-refractivity contribution in [3.05, 3.63) is 70.9 Å². The fourth-order valence-corrected chi connectivity index (χ4v) is 2.69. The highest BCUT2D eigenvalue weighted by Gasteiger charge is 2.23. The topological polar surface area (TPSA) is 39.1 Å². The zero-order chi connectivity index (χ0) is 15.0. The van der Waals surface area contributed by atoms with Crippen LogP contribution in [0.15, 0.2) is 54.7 Å². The predicted molar refractivity (Wildman–Crippen MR) is 83.0 cm³/mol. The first-order valence-electron chi connectivity index (χ1n) is 6.47. The highest BCUT2D eigenvalue weighted by Crippen LogP contribution is 2.29. The Balaban J connectivity index is 2.13. The summed E-state index contributed by atoms with van der Waals surface area (Å²) in [6.45, 7) is 0. The fourth-order valence-electron chi connectivity index (χ4n) is 2.42. The summed E-state index contributed by atoms with van der Waals surface area (Å²) in [6.07, 6.45) is 1.65. The third-order valence-corrected chi connectivity index (χ3v) is 3.77. The SMILES string of the molecule is Cn1cc(C(=O)C(=O)c2ccccc2)c2c(Cl)cccc21. The van der Waals surface area contributed by atoms with Crippen molar-refractivity contribution >= 4 is 34.1 Å². The van der Waals surface area contributed by atoms with Gasteiger partial charge < -0.3 is 4.57 Å². The number of rotatable bonds is 3. The van der Waals surface area contributed by atoms with Crippen LogP contribution in [0.1, 0.15) is 20.7 Å². The number of aryl methyl sites for hydroxylation is 1. The lowest BCUT2D eigenvalue weighted by Crippen LogP contribution is -2.14. The molecule has 0 saturated carbocycles. The maximum atomic E-state index is 12.5. The third kappa shape index (κ3) is 2.26. The van der Waals surface area contributed by atoms with Crippen molar-refractivity contribution in [2.45, 2.75) is 0 Å². The van der Waals surface area contributed by atoms with Crippen LogP contribution in [0.5, 0.6) is 0 Å². The summed E-state index contributed by atoms with van der Waals surface area (Å²) in [5.41, 5.74) is 1.55. The lowest BCUT2D eigenvalue weighted by molar-refractivity contribution is 0.0818. The summed E-state index contributed by atoms with van der Waals surface area (Å²) in [5, 5.41) is 1.09. The van der Waals surface area contributed by atoms with Crippen LogP contribution < -0.4 is 0 Å². The summed E-state index contributed by atoms with van der Waals surface area (Å²) in [4.78, 5) is 24.8. The average Bonchev–Trinajstić information content (AvgIpc) is 2.85. The van der Waals surface area contributed by atoms with Gasteiger partial charge in [-0.1, -0.05) is 48.0 Å². The fraction of sp³-hybridized carbons (Fsp3) is 0.0588. The van der Waals surface area contributed by atoms with Gasteiger partial charge in [0, 0.05) is 24.2 Å². The molecule has 0 bridgehead atoms. The number of Topliss-reactive ketones (excluding diaryl/α,β-unsaturated/α-hetero) is 2. The summed E-state index contributed by atoms with van der Waals surface area (Å²) in [7, 11) is 1.82. The summed E-state index contributed by atoms with van der Waals surface area (Å²) >= 11 is 6.19. The van der Waals surface area contributed by atoms with E-state index < -0.39 is 11.6 Å².